The first-order chi connectivity index (χ1) is 10.0. The molecule has 2 atom stereocenters. The van der Waals surface area contributed by atoms with Crippen molar-refractivity contribution in [2.24, 2.45) is 17.8 Å². The van der Waals surface area contributed by atoms with Crippen molar-refractivity contribution in [3.05, 3.63) is 0 Å². The SMILES string of the molecule is CCC1CC2C(=O)N(C3(C#N)CCN(C)CC3)C(=O)C2C1. The predicted molar refractivity (Wildman–Crippen MR) is 76.9 cm³/mol. The summed E-state index contributed by atoms with van der Waals surface area (Å²) in [5.74, 6) is 0.0179. The lowest BCUT2D eigenvalue weighted by molar-refractivity contribution is -0.147. The average Bonchev–Trinajstić information content (AvgIpc) is 3.02. The van der Waals surface area contributed by atoms with Crippen LogP contribution in [0, 0.1) is 29.1 Å². The quantitative estimate of drug-likeness (QED) is 0.721. The first-order valence-electron chi connectivity index (χ1n) is 8.00. The number of fused-ring (bicyclic) bond motifs is 1. The highest BCUT2D eigenvalue weighted by Crippen LogP contribution is 2.47. The second-order valence-electron chi connectivity index (χ2n) is 6.92. The molecule has 3 fully saturated rings. The van der Waals surface area contributed by atoms with Crippen LogP contribution in [0.4, 0.5) is 0 Å². The van der Waals surface area contributed by atoms with E-state index in [0.717, 1.165) is 32.4 Å². The maximum Gasteiger partial charge on any atom is 0.234 e. The highest BCUT2D eigenvalue weighted by Gasteiger charge is 2.58. The summed E-state index contributed by atoms with van der Waals surface area (Å²) in [6, 6.07) is 2.31. The number of hydrogen-bond acceptors (Lipinski definition) is 4. The molecule has 5 nitrogen and oxygen atoms in total. The smallest absolute Gasteiger partial charge is 0.234 e. The van der Waals surface area contributed by atoms with Gasteiger partial charge in [0.25, 0.3) is 0 Å². The Labute approximate surface area is 125 Å². The Balaban J connectivity index is 1.86. The molecule has 2 aliphatic heterocycles. The van der Waals surface area contributed by atoms with Crippen LogP contribution in [-0.4, -0.2) is 47.3 Å². The van der Waals surface area contributed by atoms with E-state index in [-0.39, 0.29) is 23.7 Å². The number of rotatable bonds is 2. The Morgan fingerprint density at radius 1 is 1.19 bits per heavy atom. The lowest BCUT2D eigenvalue weighted by Crippen LogP contribution is -2.56. The monoisotopic (exact) mass is 289 g/mol. The van der Waals surface area contributed by atoms with Gasteiger partial charge >= 0.3 is 0 Å². The molecule has 114 valence electrons. The van der Waals surface area contributed by atoms with Crippen LogP contribution in [0.2, 0.25) is 0 Å². The van der Waals surface area contributed by atoms with E-state index in [0.29, 0.717) is 18.8 Å². The molecule has 0 radical (unpaired) electrons. The van der Waals surface area contributed by atoms with Crippen LogP contribution in [-0.2, 0) is 9.59 Å². The number of hydrogen-bond donors (Lipinski definition) is 0. The Morgan fingerprint density at radius 3 is 2.14 bits per heavy atom. The summed E-state index contributed by atoms with van der Waals surface area (Å²) in [7, 11) is 2.01. The molecule has 2 unspecified atom stereocenters. The maximum atomic E-state index is 12.7. The van der Waals surface area contributed by atoms with Gasteiger partial charge in [-0.2, -0.15) is 5.26 Å². The number of nitriles is 1. The van der Waals surface area contributed by atoms with E-state index in [2.05, 4.69) is 17.9 Å². The second-order valence-corrected chi connectivity index (χ2v) is 6.92. The second kappa shape index (κ2) is 5.10. The van der Waals surface area contributed by atoms with Crippen molar-refractivity contribution in [1.29, 1.82) is 5.26 Å². The zero-order valence-electron chi connectivity index (χ0n) is 12.8. The van der Waals surface area contributed by atoms with Crippen LogP contribution >= 0.6 is 0 Å². The van der Waals surface area contributed by atoms with E-state index in [1.54, 1.807) is 0 Å². The third-order valence-corrected chi connectivity index (χ3v) is 5.76. The first kappa shape index (κ1) is 14.5. The molecule has 1 saturated carbocycles. The fraction of sp³-hybridized carbons (Fsp3) is 0.812. The van der Waals surface area contributed by atoms with Crippen LogP contribution in [0.3, 0.4) is 0 Å². The number of likely N-dealkylation sites (tertiary alicyclic amines) is 2. The van der Waals surface area contributed by atoms with E-state index < -0.39 is 5.54 Å². The lowest BCUT2D eigenvalue weighted by atomic mass is 9.87. The Kier molecular flexibility index (Phi) is 3.53. The van der Waals surface area contributed by atoms with Crippen LogP contribution < -0.4 is 0 Å². The molecule has 0 spiro atoms. The Hall–Kier alpha value is -1.41. The van der Waals surface area contributed by atoms with Gasteiger partial charge in [-0.05, 0) is 38.6 Å². The lowest BCUT2D eigenvalue weighted by Gasteiger charge is -2.41. The minimum atomic E-state index is -0.896. The van der Waals surface area contributed by atoms with Crippen molar-refractivity contribution in [2.45, 2.75) is 44.6 Å². The van der Waals surface area contributed by atoms with Crippen LogP contribution in [0.1, 0.15) is 39.0 Å². The molecule has 0 N–H and O–H groups in total. The fourth-order valence-electron chi connectivity index (χ4n) is 4.26. The molecule has 0 bridgehead atoms. The topological polar surface area (TPSA) is 64.4 Å². The van der Waals surface area contributed by atoms with Crippen molar-refractivity contribution < 1.29 is 9.59 Å². The largest absolute Gasteiger partial charge is 0.306 e. The summed E-state index contributed by atoms with van der Waals surface area (Å²) in [5, 5.41) is 9.67. The van der Waals surface area contributed by atoms with Crippen molar-refractivity contribution >= 4 is 11.8 Å². The zero-order valence-corrected chi connectivity index (χ0v) is 12.8. The van der Waals surface area contributed by atoms with Crippen molar-refractivity contribution in [2.75, 3.05) is 20.1 Å². The van der Waals surface area contributed by atoms with Gasteiger partial charge in [-0.1, -0.05) is 13.3 Å². The molecular formula is C16H23N3O2. The zero-order chi connectivity index (χ0) is 15.2. The predicted octanol–water partition coefficient (Wildman–Crippen LogP) is 1.40. The van der Waals surface area contributed by atoms with Gasteiger partial charge in [0.15, 0.2) is 0 Å². The molecule has 0 aromatic rings. The number of carbonyl (C=O) groups excluding carboxylic acids is 2. The van der Waals surface area contributed by atoms with Crippen molar-refractivity contribution in [3.63, 3.8) is 0 Å². The van der Waals surface area contributed by atoms with Crippen LogP contribution in [0.25, 0.3) is 0 Å². The van der Waals surface area contributed by atoms with Gasteiger partial charge in [0, 0.05) is 13.1 Å². The molecule has 2 heterocycles. The highest BCUT2D eigenvalue weighted by atomic mass is 16.2. The summed E-state index contributed by atoms with van der Waals surface area (Å²) < 4.78 is 0. The van der Waals surface area contributed by atoms with Crippen LogP contribution in [0.5, 0.6) is 0 Å². The molecule has 2 saturated heterocycles. The minimum Gasteiger partial charge on any atom is -0.306 e. The highest BCUT2D eigenvalue weighted by molar-refractivity contribution is 6.06. The number of carbonyl (C=O) groups is 2. The third-order valence-electron chi connectivity index (χ3n) is 5.76. The average molecular weight is 289 g/mol. The molecule has 5 heteroatoms. The fourth-order valence-corrected chi connectivity index (χ4v) is 4.26. The number of imide groups is 1. The summed E-state index contributed by atoms with van der Waals surface area (Å²) in [5.41, 5.74) is -0.896. The molecule has 0 aromatic carbocycles. The summed E-state index contributed by atoms with van der Waals surface area (Å²) >= 11 is 0. The standard InChI is InChI=1S/C16H23N3O2/c1-3-11-8-12-13(9-11)15(21)19(14(12)20)16(10-17)4-6-18(2)7-5-16/h11-13H,3-9H2,1-2H3. The minimum absolute atomic E-state index is 0.0768. The van der Waals surface area contributed by atoms with Crippen LogP contribution in [0.15, 0.2) is 0 Å². The van der Waals surface area contributed by atoms with Crippen molar-refractivity contribution in [1.82, 2.24) is 9.80 Å². The Bertz CT molecular complexity index is 478. The normalized spacial score (nSPS) is 35.9. The van der Waals surface area contributed by atoms with Gasteiger partial charge in [0.05, 0.1) is 17.9 Å². The number of amides is 2. The Morgan fingerprint density at radius 2 is 1.71 bits per heavy atom. The molecule has 3 rings (SSSR count). The molecular weight excluding hydrogens is 266 g/mol. The first-order valence-corrected chi connectivity index (χ1v) is 8.00. The van der Waals surface area contributed by atoms with Gasteiger partial charge in [-0.15, -0.1) is 0 Å². The molecule has 0 aromatic heterocycles. The summed E-state index contributed by atoms with van der Waals surface area (Å²) in [6.07, 6.45) is 3.83. The van der Waals surface area contributed by atoms with Crippen molar-refractivity contribution in [3.8, 4) is 6.07 Å². The molecule has 2 amide bonds. The number of nitrogens with zero attached hydrogens (tertiary/aromatic N) is 3. The van der Waals surface area contributed by atoms with E-state index in [9.17, 15) is 14.9 Å². The maximum absolute atomic E-state index is 12.7. The van der Waals surface area contributed by atoms with Gasteiger partial charge in [-0.3, -0.25) is 14.5 Å². The van der Waals surface area contributed by atoms with Gasteiger partial charge in [-0.25, -0.2) is 0 Å². The molecule has 21 heavy (non-hydrogen) atoms. The summed E-state index contributed by atoms with van der Waals surface area (Å²) in [6.45, 7) is 3.64. The van der Waals surface area contributed by atoms with E-state index in [4.69, 9.17) is 0 Å². The van der Waals surface area contributed by atoms with E-state index in [1.165, 1.54) is 4.90 Å². The van der Waals surface area contributed by atoms with E-state index in [1.807, 2.05) is 7.05 Å². The molecule has 3 aliphatic rings. The van der Waals surface area contributed by atoms with Gasteiger partial charge in [0.1, 0.15) is 5.54 Å². The summed E-state index contributed by atoms with van der Waals surface area (Å²) in [4.78, 5) is 29.0. The molecule has 1 aliphatic carbocycles. The number of piperidine rings is 1. The van der Waals surface area contributed by atoms with Gasteiger partial charge < -0.3 is 4.90 Å². The third kappa shape index (κ3) is 2.08. The van der Waals surface area contributed by atoms with E-state index >= 15 is 0 Å². The van der Waals surface area contributed by atoms with Gasteiger partial charge in [0.2, 0.25) is 11.8 Å².